The molecule has 21 heavy (non-hydrogen) atoms. The molecule has 2 aromatic rings. The van der Waals surface area contributed by atoms with E-state index in [-0.39, 0.29) is 11.9 Å². The number of carbonyl (C=O) groups is 1. The zero-order valence-corrected chi connectivity index (χ0v) is 14.1. The number of hydrogen-bond donors (Lipinski definition) is 1. The van der Waals surface area contributed by atoms with Crippen LogP contribution in [0.25, 0.3) is 0 Å². The molecule has 9 heteroatoms. The fraction of sp³-hybridized carbons (Fsp3) is 0.583. The highest BCUT2D eigenvalue weighted by Crippen LogP contribution is 2.23. The maximum Gasteiger partial charge on any atom is 0.234 e. The van der Waals surface area contributed by atoms with Crippen LogP contribution >= 0.6 is 23.3 Å². The van der Waals surface area contributed by atoms with Crippen LogP contribution in [-0.2, 0) is 10.5 Å². The monoisotopic (exact) mass is 326 g/mol. The van der Waals surface area contributed by atoms with Crippen molar-refractivity contribution in [2.75, 3.05) is 11.1 Å². The molecule has 0 aliphatic rings. The lowest BCUT2D eigenvalue weighted by Gasteiger charge is -2.08. The summed E-state index contributed by atoms with van der Waals surface area (Å²) < 4.78 is 5.98. The number of nitrogens with one attached hydrogen (secondary N) is 1. The molecule has 0 fully saturated rings. The first-order valence-corrected chi connectivity index (χ1v) is 8.49. The molecular formula is C12H18N6OS2. The largest absolute Gasteiger partial charge is 0.323 e. The van der Waals surface area contributed by atoms with Crippen LogP contribution in [-0.4, -0.2) is 36.2 Å². The Bertz CT molecular complexity index is 602. The van der Waals surface area contributed by atoms with Crippen molar-refractivity contribution >= 4 is 34.9 Å². The number of aromatic nitrogens is 5. The van der Waals surface area contributed by atoms with E-state index in [4.69, 9.17) is 0 Å². The predicted molar refractivity (Wildman–Crippen MR) is 84.6 cm³/mol. The summed E-state index contributed by atoms with van der Waals surface area (Å²) in [5.41, 5.74) is 1.69. The number of anilines is 1. The third-order valence-electron chi connectivity index (χ3n) is 2.81. The molecule has 0 unspecified atom stereocenters. The van der Waals surface area contributed by atoms with Crippen LogP contribution in [0.15, 0.2) is 0 Å². The van der Waals surface area contributed by atoms with Gasteiger partial charge in [0.2, 0.25) is 5.91 Å². The Hall–Kier alpha value is -1.48. The van der Waals surface area contributed by atoms with E-state index in [1.807, 2.05) is 27.7 Å². The molecular weight excluding hydrogens is 308 g/mol. The van der Waals surface area contributed by atoms with Crippen molar-refractivity contribution in [1.82, 2.24) is 24.6 Å². The number of rotatable bonds is 6. The lowest BCUT2D eigenvalue weighted by Crippen LogP contribution is -2.15. The number of carbonyl (C=O) groups excluding carboxylic acids is 1. The summed E-state index contributed by atoms with van der Waals surface area (Å²) in [5.74, 6) is 1.72. The minimum Gasteiger partial charge on any atom is -0.323 e. The third kappa shape index (κ3) is 4.01. The molecule has 0 bridgehead atoms. The molecule has 2 rings (SSSR count). The average molecular weight is 326 g/mol. The van der Waals surface area contributed by atoms with Crippen molar-refractivity contribution in [1.29, 1.82) is 0 Å². The van der Waals surface area contributed by atoms with E-state index in [1.54, 1.807) is 4.68 Å². The highest BCUT2D eigenvalue weighted by molar-refractivity contribution is 7.99. The Morgan fingerprint density at radius 2 is 2.19 bits per heavy atom. The second-order valence-electron chi connectivity index (χ2n) is 4.87. The van der Waals surface area contributed by atoms with Crippen LogP contribution < -0.4 is 5.32 Å². The highest BCUT2D eigenvalue weighted by atomic mass is 32.2. The first-order valence-electron chi connectivity index (χ1n) is 6.56. The number of thioether (sulfide) groups is 1. The van der Waals surface area contributed by atoms with Gasteiger partial charge in [-0.25, -0.2) is 4.68 Å². The minimum atomic E-state index is -0.0324. The molecule has 0 saturated heterocycles. The second-order valence-corrected chi connectivity index (χ2v) is 6.84. The number of hydrogen-bond acceptors (Lipinski definition) is 7. The zero-order chi connectivity index (χ0) is 15.4. The highest BCUT2D eigenvalue weighted by Gasteiger charge is 2.12. The van der Waals surface area contributed by atoms with Crippen molar-refractivity contribution in [2.24, 2.45) is 0 Å². The Labute approximate surface area is 131 Å². The van der Waals surface area contributed by atoms with Gasteiger partial charge >= 0.3 is 0 Å². The lowest BCUT2D eigenvalue weighted by molar-refractivity contribution is -0.113. The van der Waals surface area contributed by atoms with E-state index in [1.165, 1.54) is 23.3 Å². The molecule has 2 heterocycles. The molecule has 1 amide bonds. The van der Waals surface area contributed by atoms with Crippen LogP contribution in [0, 0.1) is 13.8 Å². The molecule has 0 aliphatic heterocycles. The van der Waals surface area contributed by atoms with Crippen LogP contribution in [0.4, 0.5) is 5.69 Å². The first kappa shape index (κ1) is 15.9. The second kappa shape index (κ2) is 6.99. The Morgan fingerprint density at radius 1 is 1.43 bits per heavy atom. The number of tetrazole rings is 1. The lowest BCUT2D eigenvalue weighted by atomic mass is 10.3. The summed E-state index contributed by atoms with van der Waals surface area (Å²) in [6, 6.07) is 0.214. The molecule has 0 spiro atoms. The number of aryl methyl sites for hydroxylation is 2. The molecule has 0 saturated carbocycles. The van der Waals surface area contributed by atoms with Gasteiger partial charge in [-0.05, 0) is 49.7 Å². The van der Waals surface area contributed by atoms with Crippen LogP contribution in [0.2, 0.25) is 0 Å². The molecule has 0 radical (unpaired) electrons. The Balaban J connectivity index is 1.83. The molecule has 114 valence electrons. The van der Waals surface area contributed by atoms with Gasteiger partial charge in [-0.2, -0.15) is 4.37 Å². The van der Waals surface area contributed by atoms with E-state index in [0.717, 1.165) is 22.1 Å². The number of nitrogens with zero attached hydrogens (tertiary/aromatic N) is 5. The Morgan fingerprint density at radius 3 is 2.81 bits per heavy atom. The fourth-order valence-electron chi connectivity index (χ4n) is 1.78. The van der Waals surface area contributed by atoms with E-state index in [0.29, 0.717) is 11.5 Å². The van der Waals surface area contributed by atoms with E-state index >= 15 is 0 Å². The summed E-state index contributed by atoms with van der Waals surface area (Å²) in [7, 11) is 0. The van der Waals surface area contributed by atoms with E-state index in [2.05, 4.69) is 25.2 Å². The third-order valence-corrected chi connectivity index (χ3v) is 4.58. The van der Waals surface area contributed by atoms with Gasteiger partial charge in [-0.3, -0.25) is 4.79 Å². The smallest absolute Gasteiger partial charge is 0.234 e. The summed E-state index contributed by atoms with van der Waals surface area (Å²) in [6.45, 7) is 7.88. The number of amides is 1. The fourth-order valence-corrected chi connectivity index (χ4v) is 3.17. The standard InChI is InChI=1S/C12H18N6OS2/c1-7(2)18-10(14-16-17-18)5-20-6-11(19)13-12-8(3)15-21-9(12)4/h7H,5-6H2,1-4H3,(H,13,19). The van der Waals surface area contributed by atoms with Gasteiger partial charge in [-0.15, -0.1) is 16.9 Å². The minimum absolute atomic E-state index is 0.0324. The van der Waals surface area contributed by atoms with E-state index < -0.39 is 0 Å². The summed E-state index contributed by atoms with van der Waals surface area (Å²) >= 11 is 2.89. The van der Waals surface area contributed by atoms with Gasteiger partial charge in [-0.1, -0.05) is 0 Å². The molecule has 0 aromatic carbocycles. The summed E-state index contributed by atoms with van der Waals surface area (Å²) in [6.07, 6.45) is 0. The predicted octanol–water partition coefficient (Wildman–Crippen LogP) is 2.20. The van der Waals surface area contributed by atoms with Crippen LogP contribution in [0.5, 0.6) is 0 Å². The van der Waals surface area contributed by atoms with Crippen LogP contribution in [0.1, 0.15) is 36.3 Å². The average Bonchev–Trinajstić information content (AvgIpc) is 3.01. The molecule has 7 nitrogen and oxygen atoms in total. The van der Waals surface area contributed by atoms with Gasteiger partial charge in [0.15, 0.2) is 5.82 Å². The van der Waals surface area contributed by atoms with Gasteiger partial charge in [0.25, 0.3) is 0 Å². The van der Waals surface area contributed by atoms with Crippen molar-refractivity contribution in [3.05, 3.63) is 16.4 Å². The van der Waals surface area contributed by atoms with E-state index in [9.17, 15) is 4.79 Å². The quantitative estimate of drug-likeness (QED) is 0.876. The van der Waals surface area contributed by atoms with Gasteiger partial charge in [0.05, 0.1) is 28.9 Å². The summed E-state index contributed by atoms with van der Waals surface area (Å²) in [5, 5.41) is 14.5. The maximum atomic E-state index is 11.9. The van der Waals surface area contributed by atoms with Gasteiger partial charge in [0.1, 0.15) is 0 Å². The Kier molecular flexibility index (Phi) is 5.29. The van der Waals surface area contributed by atoms with Crippen LogP contribution in [0.3, 0.4) is 0 Å². The van der Waals surface area contributed by atoms with Gasteiger partial charge in [0, 0.05) is 4.88 Å². The first-order chi connectivity index (χ1) is 9.99. The molecule has 0 aliphatic carbocycles. The van der Waals surface area contributed by atoms with Gasteiger partial charge < -0.3 is 5.32 Å². The zero-order valence-electron chi connectivity index (χ0n) is 12.5. The molecule has 1 N–H and O–H groups in total. The molecule has 2 aromatic heterocycles. The maximum absolute atomic E-state index is 11.9. The molecule has 0 atom stereocenters. The van der Waals surface area contributed by atoms with Crippen molar-refractivity contribution in [3.8, 4) is 0 Å². The normalized spacial score (nSPS) is 11.1. The topological polar surface area (TPSA) is 85.6 Å². The van der Waals surface area contributed by atoms with Crippen molar-refractivity contribution in [2.45, 2.75) is 39.5 Å². The SMILES string of the molecule is Cc1nsc(C)c1NC(=O)CSCc1nnnn1C(C)C. The van der Waals surface area contributed by atoms with Crippen molar-refractivity contribution < 1.29 is 4.79 Å². The van der Waals surface area contributed by atoms with Crippen molar-refractivity contribution in [3.63, 3.8) is 0 Å². The summed E-state index contributed by atoms with van der Waals surface area (Å²) in [4.78, 5) is 13.0.